The summed E-state index contributed by atoms with van der Waals surface area (Å²) in [5.74, 6) is -0.119. The molecule has 1 aliphatic carbocycles. The SMILES string of the molecule is N#C/C(=C/c1cccc(OCc2ccccc2F)c1)C(=O)NC1CCCC1. The Balaban J connectivity index is 1.68. The van der Waals surface area contributed by atoms with Gasteiger partial charge in [0.05, 0.1) is 0 Å². The first-order valence-electron chi connectivity index (χ1n) is 9.04. The van der Waals surface area contributed by atoms with Crippen molar-refractivity contribution in [2.75, 3.05) is 0 Å². The minimum absolute atomic E-state index is 0.0631. The smallest absolute Gasteiger partial charge is 0.262 e. The van der Waals surface area contributed by atoms with Crippen LogP contribution in [0.2, 0.25) is 0 Å². The zero-order valence-electron chi connectivity index (χ0n) is 15.0. The Morgan fingerprint density at radius 1 is 1.22 bits per heavy atom. The lowest BCUT2D eigenvalue weighted by Crippen LogP contribution is -2.33. The minimum Gasteiger partial charge on any atom is -0.489 e. The number of nitrogens with zero attached hydrogens (tertiary/aromatic N) is 1. The maximum atomic E-state index is 13.7. The van der Waals surface area contributed by atoms with Crippen molar-refractivity contribution in [3.8, 4) is 11.8 Å². The van der Waals surface area contributed by atoms with Gasteiger partial charge in [-0.05, 0) is 42.7 Å². The fraction of sp³-hybridized carbons (Fsp3) is 0.273. The number of hydrogen-bond donors (Lipinski definition) is 1. The molecule has 0 radical (unpaired) electrons. The number of rotatable bonds is 6. The number of nitrogens with one attached hydrogen (secondary N) is 1. The molecule has 0 bridgehead atoms. The normalized spacial score (nSPS) is 14.6. The fourth-order valence-corrected chi connectivity index (χ4v) is 3.12. The van der Waals surface area contributed by atoms with Crippen molar-refractivity contribution in [1.82, 2.24) is 5.32 Å². The van der Waals surface area contributed by atoms with Gasteiger partial charge in [-0.15, -0.1) is 0 Å². The van der Waals surface area contributed by atoms with Crippen LogP contribution in [0.3, 0.4) is 0 Å². The summed E-state index contributed by atoms with van der Waals surface area (Å²) in [6.07, 6.45) is 5.68. The molecule has 1 amide bonds. The van der Waals surface area contributed by atoms with E-state index in [0.717, 1.165) is 25.7 Å². The van der Waals surface area contributed by atoms with E-state index < -0.39 is 0 Å². The van der Waals surface area contributed by atoms with Crippen molar-refractivity contribution < 1.29 is 13.9 Å². The van der Waals surface area contributed by atoms with Crippen molar-refractivity contribution in [3.63, 3.8) is 0 Å². The zero-order valence-corrected chi connectivity index (χ0v) is 15.0. The first kappa shape index (κ1) is 18.7. The highest BCUT2D eigenvalue weighted by Gasteiger charge is 2.19. The second-order valence-corrected chi connectivity index (χ2v) is 6.58. The van der Waals surface area contributed by atoms with Gasteiger partial charge in [-0.3, -0.25) is 4.79 Å². The molecule has 0 unspecified atom stereocenters. The van der Waals surface area contributed by atoms with E-state index in [-0.39, 0.29) is 29.9 Å². The molecule has 4 nitrogen and oxygen atoms in total. The van der Waals surface area contributed by atoms with Crippen molar-refractivity contribution in [3.05, 3.63) is 71.0 Å². The number of amides is 1. The number of ether oxygens (including phenoxy) is 1. The number of carbonyl (C=O) groups is 1. The number of carbonyl (C=O) groups excluding carboxylic acids is 1. The summed E-state index contributed by atoms with van der Waals surface area (Å²) in [5.41, 5.74) is 1.21. The van der Waals surface area contributed by atoms with Crippen LogP contribution >= 0.6 is 0 Å². The summed E-state index contributed by atoms with van der Waals surface area (Å²) in [7, 11) is 0. The van der Waals surface area contributed by atoms with Gasteiger partial charge in [0.25, 0.3) is 5.91 Å². The van der Waals surface area contributed by atoms with Crippen LogP contribution in [0, 0.1) is 17.1 Å². The third kappa shape index (κ3) is 5.18. The molecular weight excluding hydrogens is 343 g/mol. The molecule has 27 heavy (non-hydrogen) atoms. The van der Waals surface area contributed by atoms with Gasteiger partial charge in [-0.25, -0.2) is 4.39 Å². The van der Waals surface area contributed by atoms with E-state index in [1.807, 2.05) is 6.07 Å². The third-order valence-corrected chi connectivity index (χ3v) is 4.58. The van der Waals surface area contributed by atoms with Crippen LogP contribution in [0.4, 0.5) is 4.39 Å². The largest absolute Gasteiger partial charge is 0.489 e. The van der Waals surface area contributed by atoms with Crippen molar-refractivity contribution in [1.29, 1.82) is 5.26 Å². The Morgan fingerprint density at radius 2 is 2.00 bits per heavy atom. The Kier molecular flexibility index (Phi) is 6.22. The van der Waals surface area contributed by atoms with Crippen molar-refractivity contribution in [2.24, 2.45) is 0 Å². The Labute approximate surface area is 158 Å². The lowest BCUT2D eigenvalue weighted by atomic mass is 10.1. The van der Waals surface area contributed by atoms with Gasteiger partial charge < -0.3 is 10.1 Å². The van der Waals surface area contributed by atoms with Gasteiger partial charge in [0, 0.05) is 11.6 Å². The molecule has 0 spiro atoms. The molecule has 1 saturated carbocycles. The van der Waals surface area contributed by atoms with Gasteiger partial charge in [0.15, 0.2) is 0 Å². The molecule has 2 aromatic rings. The van der Waals surface area contributed by atoms with Crippen molar-refractivity contribution in [2.45, 2.75) is 38.3 Å². The van der Waals surface area contributed by atoms with E-state index in [1.165, 1.54) is 6.07 Å². The minimum atomic E-state index is -0.345. The van der Waals surface area contributed by atoms with Crippen molar-refractivity contribution >= 4 is 12.0 Å². The Hall–Kier alpha value is -3.13. The number of benzene rings is 2. The van der Waals surface area contributed by atoms with Gasteiger partial charge >= 0.3 is 0 Å². The molecule has 0 atom stereocenters. The maximum Gasteiger partial charge on any atom is 0.262 e. The lowest BCUT2D eigenvalue weighted by Gasteiger charge is -2.11. The lowest BCUT2D eigenvalue weighted by molar-refractivity contribution is -0.117. The van der Waals surface area contributed by atoms with E-state index in [4.69, 9.17) is 4.74 Å². The van der Waals surface area contributed by atoms with Gasteiger partial charge in [-0.2, -0.15) is 5.26 Å². The molecule has 1 N–H and O–H groups in total. The number of halogens is 1. The van der Waals surface area contributed by atoms with Crippen LogP contribution in [0.1, 0.15) is 36.8 Å². The molecule has 0 saturated heterocycles. The summed E-state index contributed by atoms with van der Waals surface area (Å²) in [6.45, 7) is 0.104. The predicted octanol–water partition coefficient (Wildman–Crippen LogP) is 4.37. The fourth-order valence-electron chi connectivity index (χ4n) is 3.12. The molecule has 3 rings (SSSR count). The molecule has 1 aliphatic rings. The topological polar surface area (TPSA) is 62.1 Å². The average molecular weight is 364 g/mol. The third-order valence-electron chi connectivity index (χ3n) is 4.58. The second kappa shape index (κ2) is 9.00. The van der Waals surface area contributed by atoms with Gasteiger partial charge in [0.1, 0.15) is 29.8 Å². The summed E-state index contributed by atoms with van der Waals surface area (Å²) < 4.78 is 19.3. The van der Waals surface area contributed by atoms with Crippen LogP contribution in [-0.4, -0.2) is 11.9 Å². The number of nitriles is 1. The van der Waals surface area contributed by atoms with Gasteiger partial charge in [-0.1, -0.05) is 43.2 Å². The quantitative estimate of drug-likeness (QED) is 0.611. The van der Waals surface area contributed by atoms with E-state index in [1.54, 1.807) is 48.5 Å². The molecule has 1 fully saturated rings. The van der Waals surface area contributed by atoms with Crippen LogP contribution < -0.4 is 10.1 Å². The molecule has 5 heteroatoms. The zero-order chi connectivity index (χ0) is 19.1. The first-order chi connectivity index (χ1) is 13.2. The molecule has 0 aromatic heterocycles. The number of hydrogen-bond acceptors (Lipinski definition) is 3. The van der Waals surface area contributed by atoms with E-state index in [9.17, 15) is 14.4 Å². The summed E-state index contributed by atoms with van der Waals surface area (Å²) in [4.78, 5) is 12.3. The molecule has 0 heterocycles. The second-order valence-electron chi connectivity index (χ2n) is 6.58. The van der Waals surface area contributed by atoms with Crippen LogP contribution in [0.25, 0.3) is 6.08 Å². The van der Waals surface area contributed by atoms with Crippen LogP contribution in [0.15, 0.2) is 54.1 Å². The molecule has 2 aromatic carbocycles. The predicted molar refractivity (Wildman–Crippen MR) is 101 cm³/mol. The first-order valence-corrected chi connectivity index (χ1v) is 9.04. The molecular formula is C22H21FN2O2. The average Bonchev–Trinajstić information content (AvgIpc) is 3.18. The van der Waals surface area contributed by atoms with E-state index in [0.29, 0.717) is 16.9 Å². The maximum absolute atomic E-state index is 13.7. The monoisotopic (exact) mass is 364 g/mol. The highest BCUT2D eigenvalue weighted by molar-refractivity contribution is 6.01. The Morgan fingerprint density at radius 3 is 2.74 bits per heavy atom. The highest BCUT2D eigenvalue weighted by Crippen LogP contribution is 2.20. The summed E-state index contributed by atoms with van der Waals surface area (Å²) in [6, 6.07) is 15.6. The summed E-state index contributed by atoms with van der Waals surface area (Å²) >= 11 is 0. The van der Waals surface area contributed by atoms with E-state index in [2.05, 4.69) is 5.32 Å². The standard InChI is InChI=1S/C22H21FN2O2/c23-21-11-4-1-7-17(21)15-27-20-10-5-6-16(13-20)12-18(14-24)22(26)25-19-8-2-3-9-19/h1,4-7,10-13,19H,2-3,8-9,15H2,(H,25,26)/b18-12-. The molecule has 138 valence electrons. The molecule has 0 aliphatic heterocycles. The summed E-state index contributed by atoms with van der Waals surface area (Å²) in [5, 5.41) is 12.2. The van der Waals surface area contributed by atoms with Crippen LogP contribution in [0.5, 0.6) is 5.75 Å². The van der Waals surface area contributed by atoms with Gasteiger partial charge in [0.2, 0.25) is 0 Å². The Bertz CT molecular complexity index is 880. The van der Waals surface area contributed by atoms with Crippen LogP contribution in [-0.2, 0) is 11.4 Å². The highest BCUT2D eigenvalue weighted by atomic mass is 19.1. The van der Waals surface area contributed by atoms with E-state index >= 15 is 0 Å².